The number of fused-ring (bicyclic) bond motifs is 1. The molecular weight excluding hydrogens is 208 g/mol. The van der Waals surface area contributed by atoms with Gasteiger partial charge in [0.15, 0.2) is 17.3 Å². The van der Waals surface area contributed by atoms with Gasteiger partial charge in [-0.15, -0.1) is 0 Å². The van der Waals surface area contributed by atoms with Crippen molar-refractivity contribution in [3.63, 3.8) is 0 Å². The molecule has 1 heterocycles. The van der Waals surface area contributed by atoms with E-state index in [1.54, 1.807) is 6.07 Å². The number of furan rings is 1. The lowest BCUT2D eigenvalue weighted by Crippen LogP contribution is -1.91. The van der Waals surface area contributed by atoms with Gasteiger partial charge < -0.3 is 9.52 Å². The smallest absolute Gasteiger partial charge is 0.194 e. The summed E-state index contributed by atoms with van der Waals surface area (Å²) in [4.78, 5) is 22.3. The molecule has 0 aliphatic heterocycles. The highest BCUT2D eigenvalue weighted by Gasteiger charge is 2.13. The van der Waals surface area contributed by atoms with Crippen LogP contribution in [0.4, 0.5) is 0 Å². The molecule has 4 nitrogen and oxygen atoms in total. The maximum absolute atomic E-state index is 11.2. The summed E-state index contributed by atoms with van der Waals surface area (Å²) in [7, 11) is 0. The van der Waals surface area contributed by atoms with Crippen molar-refractivity contribution in [2.75, 3.05) is 0 Å². The molecule has 0 saturated carbocycles. The highest BCUT2D eigenvalue weighted by Crippen LogP contribution is 2.28. The number of benzene rings is 1. The second-order valence-corrected chi connectivity index (χ2v) is 3.63. The van der Waals surface area contributed by atoms with E-state index in [1.807, 2.05) is 0 Å². The summed E-state index contributed by atoms with van der Waals surface area (Å²) in [5.41, 5.74) is 0.621. The quantitative estimate of drug-likeness (QED) is 0.786. The molecular formula is C12H10O4. The van der Waals surface area contributed by atoms with E-state index >= 15 is 0 Å². The number of carbonyl (C=O) groups is 2. The molecule has 1 N–H and O–H groups in total. The molecule has 2 rings (SSSR count). The van der Waals surface area contributed by atoms with Crippen molar-refractivity contribution < 1.29 is 19.1 Å². The third-order valence-electron chi connectivity index (χ3n) is 2.36. The van der Waals surface area contributed by atoms with Crippen LogP contribution in [0.1, 0.15) is 34.8 Å². The molecule has 0 bridgehead atoms. The largest absolute Gasteiger partial charge is 0.507 e. The van der Waals surface area contributed by atoms with Gasteiger partial charge in [-0.2, -0.15) is 0 Å². The molecule has 0 aliphatic rings. The molecule has 2 aromatic rings. The zero-order chi connectivity index (χ0) is 11.9. The third kappa shape index (κ3) is 1.58. The Kier molecular flexibility index (Phi) is 2.27. The fourth-order valence-corrected chi connectivity index (χ4v) is 1.53. The summed E-state index contributed by atoms with van der Waals surface area (Å²) in [6.07, 6.45) is 0. The Hall–Kier alpha value is -2.10. The Morgan fingerprint density at radius 3 is 2.38 bits per heavy atom. The summed E-state index contributed by atoms with van der Waals surface area (Å²) < 4.78 is 5.22. The number of carbonyl (C=O) groups excluding carboxylic acids is 2. The molecule has 4 heteroatoms. The zero-order valence-corrected chi connectivity index (χ0v) is 8.90. The average molecular weight is 218 g/mol. The molecule has 0 fully saturated rings. The Balaban J connectivity index is 2.70. The first kappa shape index (κ1) is 10.4. The third-order valence-corrected chi connectivity index (χ3v) is 2.36. The number of hydrogen-bond acceptors (Lipinski definition) is 4. The van der Waals surface area contributed by atoms with E-state index in [2.05, 4.69) is 0 Å². The molecule has 0 saturated heterocycles. The van der Waals surface area contributed by atoms with Crippen LogP contribution in [0, 0.1) is 0 Å². The van der Waals surface area contributed by atoms with Gasteiger partial charge in [-0.1, -0.05) is 0 Å². The lowest BCUT2D eigenvalue weighted by atomic mass is 10.1. The van der Waals surface area contributed by atoms with Gasteiger partial charge in [0.1, 0.15) is 11.3 Å². The summed E-state index contributed by atoms with van der Waals surface area (Å²) in [6.45, 7) is 2.76. The number of Topliss-reactive ketones (excluding diaryl/α,β-unsaturated/α-hetero) is 2. The monoisotopic (exact) mass is 218 g/mol. The van der Waals surface area contributed by atoms with Crippen molar-refractivity contribution >= 4 is 22.5 Å². The van der Waals surface area contributed by atoms with Gasteiger partial charge in [-0.3, -0.25) is 9.59 Å². The van der Waals surface area contributed by atoms with Gasteiger partial charge in [0, 0.05) is 18.4 Å². The Morgan fingerprint density at radius 1 is 1.12 bits per heavy atom. The molecule has 82 valence electrons. The average Bonchev–Trinajstić information content (AvgIpc) is 2.58. The van der Waals surface area contributed by atoms with Crippen LogP contribution in [0.3, 0.4) is 0 Å². The minimum atomic E-state index is -0.232. The van der Waals surface area contributed by atoms with Gasteiger partial charge in [-0.25, -0.2) is 0 Å². The van der Waals surface area contributed by atoms with Crippen LogP contribution in [-0.2, 0) is 0 Å². The second kappa shape index (κ2) is 3.48. The zero-order valence-electron chi connectivity index (χ0n) is 8.90. The summed E-state index contributed by atoms with van der Waals surface area (Å²) in [6, 6.07) is 4.42. The van der Waals surface area contributed by atoms with Crippen LogP contribution in [0.5, 0.6) is 5.75 Å². The van der Waals surface area contributed by atoms with Gasteiger partial charge in [0.05, 0.1) is 5.56 Å². The molecule has 1 aromatic heterocycles. The first-order valence-corrected chi connectivity index (χ1v) is 4.77. The normalized spacial score (nSPS) is 10.6. The van der Waals surface area contributed by atoms with Crippen molar-refractivity contribution in [1.82, 2.24) is 0 Å². The standard InChI is InChI=1S/C12H10O4/c1-6(13)9-3-8-4-11(7(2)14)16-12(8)5-10(9)15/h3-5,15H,1-2H3. The number of ketones is 2. The van der Waals surface area contributed by atoms with E-state index in [0.29, 0.717) is 11.0 Å². The van der Waals surface area contributed by atoms with Gasteiger partial charge in [0.2, 0.25) is 0 Å². The first-order valence-electron chi connectivity index (χ1n) is 4.77. The number of phenolic OH excluding ortho intramolecular Hbond substituents is 1. The summed E-state index contributed by atoms with van der Waals surface area (Å²) >= 11 is 0. The predicted octanol–water partition coefficient (Wildman–Crippen LogP) is 2.54. The van der Waals surface area contributed by atoms with Gasteiger partial charge in [-0.05, 0) is 19.1 Å². The van der Waals surface area contributed by atoms with Crippen LogP contribution in [-0.4, -0.2) is 16.7 Å². The van der Waals surface area contributed by atoms with Crippen LogP contribution in [0.2, 0.25) is 0 Å². The fourth-order valence-electron chi connectivity index (χ4n) is 1.53. The minimum absolute atomic E-state index is 0.135. The Morgan fingerprint density at radius 2 is 1.81 bits per heavy atom. The maximum Gasteiger partial charge on any atom is 0.194 e. The molecule has 16 heavy (non-hydrogen) atoms. The number of aromatic hydroxyl groups is 1. The molecule has 0 atom stereocenters. The van der Waals surface area contributed by atoms with E-state index in [-0.39, 0.29) is 28.6 Å². The van der Waals surface area contributed by atoms with Crippen molar-refractivity contribution in [2.45, 2.75) is 13.8 Å². The lowest BCUT2D eigenvalue weighted by molar-refractivity contribution is 0.0986. The van der Waals surface area contributed by atoms with Crippen LogP contribution in [0.15, 0.2) is 22.6 Å². The molecule has 0 amide bonds. The molecule has 0 spiro atoms. The lowest BCUT2D eigenvalue weighted by Gasteiger charge is -1.99. The van der Waals surface area contributed by atoms with E-state index in [9.17, 15) is 14.7 Å². The van der Waals surface area contributed by atoms with Crippen LogP contribution < -0.4 is 0 Å². The molecule has 0 unspecified atom stereocenters. The first-order chi connectivity index (χ1) is 7.49. The second-order valence-electron chi connectivity index (χ2n) is 3.63. The van der Waals surface area contributed by atoms with Crippen molar-refractivity contribution in [3.8, 4) is 5.75 Å². The highest BCUT2D eigenvalue weighted by atomic mass is 16.3. The number of rotatable bonds is 2. The van der Waals surface area contributed by atoms with E-state index in [0.717, 1.165) is 0 Å². The molecule has 0 radical (unpaired) electrons. The van der Waals surface area contributed by atoms with Crippen molar-refractivity contribution in [3.05, 3.63) is 29.5 Å². The minimum Gasteiger partial charge on any atom is -0.507 e. The molecule has 0 aliphatic carbocycles. The Bertz CT molecular complexity index is 592. The maximum atomic E-state index is 11.2. The predicted molar refractivity (Wildman–Crippen MR) is 57.9 cm³/mol. The fraction of sp³-hybridized carbons (Fsp3) is 0.167. The van der Waals surface area contributed by atoms with Gasteiger partial charge >= 0.3 is 0 Å². The van der Waals surface area contributed by atoms with E-state index in [4.69, 9.17) is 4.42 Å². The summed E-state index contributed by atoms with van der Waals surface area (Å²) in [5, 5.41) is 10.2. The van der Waals surface area contributed by atoms with Crippen LogP contribution >= 0.6 is 0 Å². The van der Waals surface area contributed by atoms with E-state index in [1.165, 1.54) is 26.0 Å². The van der Waals surface area contributed by atoms with E-state index < -0.39 is 0 Å². The van der Waals surface area contributed by atoms with Crippen molar-refractivity contribution in [1.29, 1.82) is 0 Å². The Labute approximate surface area is 91.5 Å². The van der Waals surface area contributed by atoms with Gasteiger partial charge in [0.25, 0.3) is 0 Å². The summed E-state index contributed by atoms with van der Waals surface area (Å²) in [5.74, 6) is -0.343. The number of phenols is 1. The number of hydrogen-bond donors (Lipinski definition) is 1. The highest BCUT2D eigenvalue weighted by molar-refractivity contribution is 6.02. The SMILES string of the molecule is CC(=O)c1cc2cc(C(C)=O)c(O)cc2o1. The topological polar surface area (TPSA) is 67.5 Å². The van der Waals surface area contributed by atoms with Crippen molar-refractivity contribution in [2.24, 2.45) is 0 Å². The molecule has 1 aromatic carbocycles. The van der Waals surface area contributed by atoms with Crippen LogP contribution in [0.25, 0.3) is 11.0 Å².